The van der Waals surface area contributed by atoms with Crippen LogP contribution in [0.2, 0.25) is 0 Å². The zero-order valence-corrected chi connectivity index (χ0v) is 14.9. The highest BCUT2D eigenvalue weighted by molar-refractivity contribution is 5.94. The van der Waals surface area contributed by atoms with Crippen molar-refractivity contribution in [3.05, 3.63) is 64.5 Å². The number of likely N-dealkylation sites (tertiary alicyclic amines) is 1. The SMILES string of the molecule is COc1ccc2c(=O)c(Oc3ccc(C(=O)N4CCCC4)cc3)coc2c1. The standard InChI is InChI=1S/C21H19NO5/c1-25-16-8-9-17-18(12-16)26-13-19(20(17)23)27-15-6-4-14(5-7-15)21(24)22-10-2-3-11-22/h4-9,12-13H,2-3,10-11H2,1H3. The summed E-state index contributed by atoms with van der Waals surface area (Å²) in [5.74, 6) is 1.19. The number of methoxy groups -OCH3 is 1. The topological polar surface area (TPSA) is 69.0 Å². The van der Waals surface area contributed by atoms with E-state index in [1.54, 1.807) is 49.6 Å². The number of nitrogens with zero attached hydrogens (tertiary/aromatic N) is 1. The lowest BCUT2D eigenvalue weighted by Gasteiger charge is -2.15. The number of ether oxygens (including phenoxy) is 2. The molecule has 6 heteroatoms. The first-order valence-electron chi connectivity index (χ1n) is 8.82. The Morgan fingerprint density at radius 1 is 1.04 bits per heavy atom. The lowest BCUT2D eigenvalue weighted by Crippen LogP contribution is -2.27. The molecule has 1 amide bonds. The van der Waals surface area contributed by atoms with Gasteiger partial charge in [-0.2, -0.15) is 0 Å². The van der Waals surface area contributed by atoms with Gasteiger partial charge in [-0.05, 0) is 49.2 Å². The van der Waals surface area contributed by atoms with Gasteiger partial charge in [-0.15, -0.1) is 0 Å². The van der Waals surface area contributed by atoms with Gasteiger partial charge in [0, 0.05) is 24.7 Å². The number of hydrogen-bond donors (Lipinski definition) is 0. The van der Waals surface area contributed by atoms with E-state index < -0.39 is 0 Å². The van der Waals surface area contributed by atoms with Crippen LogP contribution in [0, 0.1) is 0 Å². The van der Waals surface area contributed by atoms with Crippen LogP contribution in [0.3, 0.4) is 0 Å². The van der Waals surface area contributed by atoms with Gasteiger partial charge in [0.1, 0.15) is 23.3 Å². The molecule has 6 nitrogen and oxygen atoms in total. The van der Waals surface area contributed by atoms with E-state index in [0.717, 1.165) is 25.9 Å². The number of hydrogen-bond acceptors (Lipinski definition) is 5. The highest BCUT2D eigenvalue weighted by Crippen LogP contribution is 2.24. The van der Waals surface area contributed by atoms with Crippen LogP contribution in [0.4, 0.5) is 0 Å². The average molecular weight is 365 g/mol. The fourth-order valence-corrected chi connectivity index (χ4v) is 3.18. The zero-order chi connectivity index (χ0) is 18.8. The fourth-order valence-electron chi connectivity index (χ4n) is 3.18. The predicted octanol–water partition coefficient (Wildman–Crippen LogP) is 3.83. The minimum atomic E-state index is -0.267. The van der Waals surface area contributed by atoms with Gasteiger partial charge in [0.25, 0.3) is 5.91 Å². The summed E-state index contributed by atoms with van der Waals surface area (Å²) in [6.07, 6.45) is 3.39. The van der Waals surface area contributed by atoms with E-state index in [1.165, 1.54) is 6.26 Å². The Kier molecular flexibility index (Phi) is 4.54. The van der Waals surface area contributed by atoms with Gasteiger partial charge in [-0.25, -0.2) is 0 Å². The maximum atomic E-state index is 12.6. The first-order valence-corrected chi connectivity index (χ1v) is 8.82. The summed E-state index contributed by atoms with van der Waals surface area (Å²) < 4.78 is 16.3. The Bertz CT molecular complexity index is 1030. The molecule has 138 valence electrons. The number of fused-ring (bicyclic) bond motifs is 1. The molecular weight excluding hydrogens is 346 g/mol. The van der Waals surface area contributed by atoms with Gasteiger partial charge >= 0.3 is 0 Å². The second-order valence-corrected chi connectivity index (χ2v) is 6.42. The van der Waals surface area contributed by atoms with Crippen LogP contribution in [-0.2, 0) is 0 Å². The molecule has 0 atom stereocenters. The molecule has 1 saturated heterocycles. The van der Waals surface area contributed by atoms with Crippen molar-refractivity contribution < 1.29 is 18.7 Å². The maximum Gasteiger partial charge on any atom is 0.253 e. The minimum absolute atomic E-state index is 0.0261. The molecule has 0 bridgehead atoms. The van der Waals surface area contributed by atoms with E-state index >= 15 is 0 Å². The molecule has 1 aromatic heterocycles. The minimum Gasteiger partial charge on any atom is -0.497 e. The molecule has 2 aromatic carbocycles. The van der Waals surface area contributed by atoms with Crippen molar-refractivity contribution >= 4 is 16.9 Å². The molecule has 4 rings (SSSR count). The summed E-state index contributed by atoms with van der Waals surface area (Å²) in [5.41, 5.74) is 0.774. The molecule has 0 radical (unpaired) electrons. The van der Waals surface area contributed by atoms with E-state index in [2.05, 4.69) is 0 Å². The fraction of sp³-hybridized carbons (Fsp3) is 0.238. The smallest absolute Gasteiger partial charge is 0.253 e. The molecule has 1 aliphatic rings. The van der Waals surface area contributed by atoms with Crippen molar-refractivity contribution in [3.63, 3.8) is 0 Å². The van der Waals surface area contributed by atoms with Gasteiger partial charge in [-0.3, -0.25) is 9.59 Å². The third kappa shape index (κ3) is 3.38. The molecule has 3 aromatic rings. The second-order valence-electron chi connectivity index (χ2n) is 6.42. The van der Waals surface area contributed by atoms with Gasteiger partial charge in [0.2, 0.25) is 11.2 Å². The Morgan fingerprint density at radius 3 is 2.44 bits per heavy atom. The van der Waals surface area contributed by atoms with E-state index in [-0.39, 0.29) is 17.1 Å². The lowest BCUT2D eigenvalue weighted by atomic mass is 10.2. The third-order valence-electron chi connectivity index (χ3n) is 4.67. The molecule has 2 heterocycles. The lowest BCUT2D eigenvalue weighted by molar-refractivity contribution is 0.0793. The van der Waals surface area contributed by atoms with Crippen LogP contribution >= 0.6 is 0 Å². The summed E-state index contributed by atoms with van der Waals surface area (Å²) in [6, 6.07) is 11.8. The number of benzene rings is 2. The predicted molar refractivity (Wildman–Crippen MR) is 101 cm³/mol. The molecule has 0 N–H and O–H groups in total. The van der Waals surface area contributed by atoms with Crippen LogP contribution in [0.5, 0.6) is 17.2 Å². The molecule has 27 heavy (non-hydrogen) atoms. The number of rotatable bonds is 4. The van der Waals surface area contributed by atoms with Gasteiger partial charge in [-0.1, -0.05) is 0 Å². The zero-order valence-electron chi connectivity index (χ0n) is 14.9. The Morgan fingerprint density at radius 2 is 1.74 bits per heavy atom. The van der Waals surface area contributed by atoms with Crippen LogP contribution < -0.4 is 14.9 Å². The van der Waals surface area contributed by atoms with Crippen molar-refractivity contribution in [2.45, 2.75) is 12.8 Å². The van der Waals surface area contributed by atoms with Crippen LogP contribution in [0.15, 0.2) is 57.9 Å². The molecule has 0 unspecified atom stereocenters. The van der Waals surface area contributed by atoms with Crippen LogP contribution in [0.25, 0.3) is 11.0 Å². The highest BCUT2D eigenvalue weighted by Gasteiger charge is 2.19. The summed E-state index contributed by atoms with van der Waals surface area (Å²) in [6.45, 7) is 1.61. The molecular formula is C21H19NO5. The van der Waals surface area contributed by atoms with E-state index in [1.807, 2.05) is 4.90 Å². The molecule has 0 spiro atoms. The third-order valence-corrected chi connectivity index (χ3v) is 4.67. The van der Waals surface area contributed by atoms with Gasteiger partial charge in [0.05, 0.1) is 12.5 Å². The van der Waals surface area contributed by atoms with Crippen molar-refractivity contribution in [1.29, 1.82) is 0 Å². The first-order chi connectivity index (χ1) is 13.2. The number of carbonyl (C=O) groups is 1. The Labute approximate surface area is 155 Å². The van der Waals surface area contributed by atoms with Crippen molar-refractivity contribution in [2.24, 2.45) is 0 Å². The summed E-state index contributed by atoms with van der Waals surface area (Å²) in [4.78, 5) is 26.8. The van der Waals surface area contributed by atoms with Crippen molar-refractivity contribution in [3.8, 4) is 17.2 Å². The second kappa shape index (κ2) is 7.15. The van der Waals surface area contributed by atoms with Crippen molar-refractivity contribution in [2.75, 3.05) is 20.2 Å². The number of amides is 1. The summed E-state index contributed by atoms with van der Waals surface area (Å²) in [5, 5.41) is 0.411. The van der Waals surface area contributed by atoms with E-state index in [9.17, 15) is 9.59 Å². The molecule has 0 aliphatic carbocycles. The quantitative estimate of drug-likeness (QED) is 0.703. The van der Waals surface area contributed by atoms with E-state index in [0.29, 0.717) is 28.0 Å². The van der Waals surface area contributed by atoms with Gasteiger partial charge in [0.15, 0.2) is 0 Å². The average Bonchev–Trinajstić information content (AvgIpc) is 3.25. The normalized spacial score (nSPS) is 13.7. The largest absolute Gasteiger partial charge is 0.497 e. The van der Waals surface area contributed by atoms with Gasteiger partial charge < -0.3 is 18.8 Å². The molecule has 0 saturated carbocycles. The summed E-state index contributed by atoms with van der Waals surface area (Å²) in [7, 11) is 1.55. The maximum absolute atomic E-state index is 12.6. The highest BCUT2D eigenvalue weighted by atomic mass is 16.5. The molecule has 1 aliphatic heterocycles. The Balaban J connectivity index is 1.56. The molecule has 1 fully saturated rings. The Hall–Kier alpha value is -3.28. The number of carbonyl (C=O) groups excluding carboxylic acids is 1. The van der Waals surface area contributed by atoms with Crippen molar-refractivity contribution in [1.82, 2.24) is 4.90 Å². The van der Waals surface area contributed by atoms with E-state index in [4.69, 9.17) is 13.9 Å². The summed E-state index contributed by atoms with van der Waals surface area (Å²) >= 11 is 0. The van der Waals surface area contributed by atoms with Crippen LogP contribution in [0.1, 0.15) is 23.2 Å². The monoisotopic (exact) mass is 365 g/mol. The van der Waals surface area contributed by atoms with Crippen LogP contribution in [-0.4, -0.2) is 31.0 Å². The first kappa shape index (κ1) is 17.1.